The molecule has 6 nitrogen and oxygen atoms in total. The third-order valence-corrected chi connectivity index (χ3v) is 2.65. The highest BCUT2D eigenvalue weighted by molar-refractivity contribution is 6.03. The van der Waals surface area contributed by atoms with E-state index >= 15 is 0 Å². The minimum absolute atomic E-state index is 0.243. The standard InChI is InChI=1S/C14H17N5O/c1-3-11-8-10(9-12(18-11)15-4-2)13(20)19-14-16-6-5-7-17-14/h5-9H,3-4H2,1-2H3,(H,15,18)(H,16,17,19,20). The Morgan fingerprint density at radius 1 is 1.20 bits per heavy atom. The number of rotatable bonds is 5. The molecule has 0 saturated heterocycles. The van der Waals surface area contributed by atoms with Crippen molar-refractivity contribution in [1.82, 2.24) is 15.0 Å². The number of aromatic nitrogens is 3. The number of carbonyl (C=O) groups excluding carboxylic acids is 1. The Morgan fingerprint density at radius 2 is 1.95 bits per heavy atom. The predicted octanol–water partition coefficient (Wildman–Crippen LogP) is 2.12. The lowest BCUT2D eigenvalue weighted by Crippen LogP contribution is -2.15. The molecule has 2 aromatic heterocycles. The van der Waals surface area contributed by atoms with E-state index in [1.54, 1.807) is 30.6 Å². The van der Waals surface area contributed by atoms with Gasteiger partial charge in [0, 0.05) is 30.2 Å². The molecule has 0 aliphatic carbocycles. The first-order valence-corrected chi connectivity index (χ1v) is 6.56. The van der Waals surface area contributed by atoms with Crippen molar-refractivity contribution >= 4 is 17.7 Å². The van der Waals surface area contributed by atoms with Gasteiger partial charge in [-0.05, 0) is 31.5 Å². The summed E-state index contributed by atoms with van der Waals surface area (Å²) in [5.41, 5.74) is 1.41. The quantitative estimate of drug-likeness (QED) is 0.870. The highest BCUT2D eigenvalue weighted by atomic mass is 16.1. The van der Waals surface area contributed by atoms with Crippen LogP contribution < -0.4 is 10.6 Å². The topological polar surface area (TPSA) is 79.8 Å². The highest BCUT2D eigenvalue weighted by Crippen LogP contribution is 2.12. The smallest absolute Gasteiger partial charge is 0.258 e. The molecule has 0 aliphatic heterocycles. The number of nitrogens with one attached hydrogen (secondary N) is 2. The van der Waals surface area contributed by atoms with Crippen LogP contribution >= 0.6 is 0 Å². The fraction of sp³-hybridized carbons (Fsp3) is 0.286. The van der Waals surface area contributed by atoms with Crippen molar-refractivity contribution in [1.29, 1.82) is 0 Å². The van der Waals surface area contributed by atoms with E-state index in [0.717, 1.165) is 18.7 Å². The summed E-state index contributed by atoms with van der Waals surface area (Å²) >= 11 is 0. The number of amides is 1. The van der Waals surface area contributed by atoms with Crippen LogP contribution in [0.4, 0.5) is 11.8 Å². The first-order chi connectivity index (χ1) is 9.72. The summed E-state index contributed by atoms with van der Waals surface area (Å²) in [6.45, 7) is 4.74. The monoisotopic (exact) mass is 271 g/mol. The van der Waals surface area contributed by atoms with Gasteiger partial charge < -0.3 is 5.32 Å². The lowest BCUT2D eigenvalue weighted by molar-refractivity contribution is 0.102. The van der Waals surface area contributed by atoms with Crippen LogP contribution in [0.5, 0.6) is 0 Å². The van der Waals surface area contributed by atoms with Crippen molar-refractivity contribution in [3.63, 3.8) is 0 Å². The van der Waals surface area contributed by atoms with Gasteiger partial charge in [-0.1, -0.05) is 6.92 Å². The summed E-state index contributed by atoms with van der Waals surface area (Å²) < 4.78 is 0. The summed E-state index contributed by atoms with van der Waals surface area (Å²) in [5, 5.41) is 5.78. The van der Waals surface area contributed by atoms with E-state index in [4.69, 9.17) is 0 Å². The van der Waals surface area contributed by atoms with Crippen LogP contribution in [0, 0.1) is 0 Å². The maximum Gasteiger partial charge on any atom is 0.258 e. The number of anilines is 2. The zero-order chi connectivity index (χ0) is 14.4. The van der Waals surface area contributed by atoms with Crippen molar-refractivity contribution in [3.8, 4) is 0 Å². The molecule has 0 aromatic carbocycles. The Morgan fingerprint density at radius 3 is 2.60 bits per heavy atom. The molecular formula is C14H17N5O. The number of pyridine rings is 1. The van der Waals surface area contributed by atoms with Crippen LogP contribution in [0.2, 0.25) is 0 Å². The van der Waals surface area contributed by atoms with E-state index in [0.29, 0.717) is 11.4 Å². The normalized spacial score (nSPS) is 10.1. The third kappa shape index (κ3) is 3.50. The van der Waals surface area contributed by atoms with Crippen LogP contribution in [0.15, 0.2) is 30.6 Å². The first kappa shape index (κ1) is 13.9. The number of nitrogens with zero attached hydrogens (tertiary/aromatic N) is 3. The minimum Gasteiger partial charge on any atom is -0.370 e. The molecular weight excluding hydrogens is 254 g/mol. The zero-order valence-corrected chi connectivity index (χ0v) is 11.6. The average molecular weight is 271 g/mol. The number of hydrogen-bond acceptors (Lipinski definition) is 5. The second-order valence-corrected chi connectivity index (χ2v) is 4.14. The van der Waals surface area contributed by atoms with Gasteiger partial charge in [-0.3, -0.25) is 10.1 Å². The summed E-state index contributed by atoms with van der Waals surface area (Å²) in [6.07, 6.45) is 3.93. The molecule has 6 heteroatoms. The fourth-order valence-electron chi connectivity index (χ4n) is 1.71. The van der Waals surface area contributed by atoms with E-state index in [1.807, 2.05) is 13.8 Å². The van der Waals surface area contributed by atoms with E-state index in [9.17, 15) is 4.79 Å². The molecule has 0 aliphatic rings. The van der Waals surface area contributed by atoms with Gasteiger partial charge in [0.2, 0.25) is 5.95 Å². The van der Waals surface area contributed by atoms with Gasteiger partial charge in [-0.2, -0.15) is 0 Å². The Hall–Kier alpha value is -2.50. The lowest BCUT2D eigenvalue weighted by Gasteiger charge is -2.08. The maximum absolute atomic E-state index is 12.2. The molecule has 2 N–H and O–H groups in total. The molecule has 2 heterocycles. The Bertz CT molecular complexity index is 585. The van der Waals surface area contributed by atoms with Gasteiger partial charge in [-0.25, -0.2) is 15.0 Å². The molecule has 0 spiro atoms. The highest BCUT2D eigenvalue weighted by Gasteiger charge is 2.10. The largest absolute Gasteiger partial charge is 0.370 e. The molecule has 20 heavy (non-hydrogen) atoms. The van der Waals surface area contributed by atoms with Gasteiger partial charge in [0.05, 0.1) is 0 Å². The van der Waals surface area contributed by atoms with Crippen LogP contribution in [0.25, 0.3) is 0 Å². The predicted molar refractivity (Wildman–Crippen MR) is 77.8 cm³/mol. The molecule has 2 rings (SSSR count). The lowest BCUT2D eigenvalue weighted by atomic mass is 10.2. The summed E-state index contributed by atoms with van der Waals surface area (Å²) in [6, 6.07) is 5.20. The summed E-state index contributed by atoms with van der Waals surface area (Å²) in [4.78, 5) is 24.5. The number of carbonyl (C=O) groups is 1. The van der Waals surface area contributed by atoms with Gasteiger partial charge >= 0.3 is 0 Å². The maximum atomic E-state index is 12.2. The van der Waals surface area contributed by atoms with Crippen molar-refractivity contribution in [3.05, 3.63) is 41.9 Å². The summed E-state index contributed by atoms with van der Waals surface area (Å²) in [7, 11) is 0. The first-order valence-electron chi connectivity index (χ1n) is 6.56. The van der Waals surface area contributed by atoms with Crippen LogP contribution in [-0.2, 0) is 6.42 Å². The Labute approximate surface area is 117 Å². The fourth-order valence-corrected chi connectivity index (χ4v) is 1.71. The molecule has 0 bridgehead atoms. The zero-order valence-electron chi connectivity index (χ0n) is 11.6. The van der Waals surface area contributed by atoms with E-state index in [-0.39, 0.29) is 11.9 Å². The second kappa shape index (κ2) is 6.60. The molecule has 0 radical (unpaired) electrons. The van der Waals surface area contributed by atoms with Gasteiger partial charge in [-0.15, -0.1) is 0 Å². The molecule has 0 saturated carbocycles. The molecule has 0 fully saturated rings. The number of aryl methyl sites for hydroxylation is 1. The SMILES string of the molecule is CCNc1cc(C(=O)Nc2ncccn2)cc(CC)n1. The summed E-state index contributed by atoms with van der Waals surface area (Å²) in [5.74, 6) is 0.746. The molecule has 1 amide bonds. The van der Waals surface area contributed by atoms with E-state index in [1.165, 1.54) is 0 Å². The molecule has 104 valence electrons. The minimum atomic E-state index is -0.243. The number of hydrogen-bond donors (Lipinski definition) is 2. The molecule has 0 atom stereocenters. The molecule has 2 aromatic rings. The average Bonchev–Trinajstić information content (AvgIpc) is 2.48. The second-order valence-electron chi connectivity index (χ2n) is 4.14. The van der Waals surface area contributed by atoms with Crippen LogP contribution in [-0.4, -0.2) is 27.4 Å². The van der Waals surface area contributed by atoms with Crippen molar-refractivity contribution in [2.75, 3.05) is 17.2 Å². The van der Waals surface area contributed by atoms with E-state index in [2.05, 4.69) is 25.6 Å². The van der Waals surface area contributed by atoms with Crippen LogP contribution in [0.3, 0.4) is 0 Å². The van der Waals surface area contributed by atoms with Gasteiger partial charge in [0.1, 0.15) is 5.82 Å². The molecule has 0 unspecified atom stereocenters. The van der Waals surface area contributed by atoms with Gasteiger partial charge in [0.15, 0.2) is 0 Å². The van der Waals surface area contributed by atoms with Crippen LogP contribution in [0.1, 0.15) is 29.9 Å². The van der Waals surface area contributed by atoms with Crippen molar-refractivity contribution in [2.24, 2.45) is 0 Å². The van der Waals surface area contributed by atoms with Gasteiger partial charge in [0.25, 0.3) is 5.91 Å². The van der Waals surface area contributed by atoms with Crippen molar-refractivity contribution < 1.29 is 4.79 Å². The third-order valence-electron chi connectivity index (χ3n) is 2.65. The Balaban J connectivity index is 2.22. The van der Waals surface area contributed by atoms with E-state index < -0.39 is 0 Å². The van der Waals surface area contributed by atoms with Crippen molar-refractivity contribution in [2.45, 2.75) is 20.3 Å². The Kier molecular flexibility index (Phi) is 4.60.